The smallest absolute Gasteiger partial charge is 0.422 e. The molecule has 5 nitrogen and oxygen atoms in total. The molecule has 1 heterocycles. The summed E-state index contributed by atoms with van der Waals surface area (Å²) in [5.41, 5.74) is 2.42. The molecule has 0 unspecified atom stereocenters. The predicted octanol–water partition coefficient (Wildman–Crippen LogP) is 4.88. The SMILES string of the molecule is CCNC(=NCc1ccc(C)cc1OCC(F)(F)F)NCc1nc(C)c(C)s1.I. The van der Waals surface area contributed by atoms with Gasteiger partial charge in [0.05, 0.1) is 18.8 Å². The summed E-state index contributed by atoms with van der Waals surface area (Å²) in [5.74, 6) is 0.762. The average molecular weight is 542 g/mol. The maximum absolute atomic E-state index is 12.5. The molecule has 2 N–H and O–H groups in total. The monoisotopic (exact) mass is 542 g/mol. The van der Waals surface area contributed by atoms with E-state index in [1.54, 1.807) is 30.4 Å². The zero-order valence-corrected chi connectivity index (χ0v) is 20.0. The van der Waals surface area contributed by atoms with E-state index < -0.39 is 12.8 Å². The Kier molecular flexibility index (Phi) is 10.2. The highest BCUT2D eigenvalue weighted by molar-refractivity contribution is 14.0. The summed E-state index contributed by atoms with van der Waals surface area (Å²) in [7, 11) is 0. The molecule has 2 rings (SSSR count). The van der Waals surface area contributed by atoms with Crippen LogP contribution in [0.3, 0.4) is 0 Å². The first-order valence-electron chi connectivity index (χ1n) is 8.92. The van der Waals surface area contributed by atoms with E-state index in [4.69, 9.17) is 4.74 Å². The van der Waals surface area contributed by atoms with E-state index in [1.165, 1.54) is 4.88 Å². The second-order valence-corrected chi connectivity index (χ2v) is 7.60. The van der Waals surface area contributed by atoms with Crippen molar-refractivity contribution >= 4 is 41.3 Å². The Bertz CT molecular complexity index is 805. The average Bonchev–Trinajstić information content (AvgIpc) is 2.94. The number of rotatable bonds is 7. The number of nitrogens with zero attached hydrogens (tertiary/aromatic N) is 2. The Morgan fingerprint density at radius 2 is 1.93 bits per heavy atom. The quantitative estimate of drug-likeness (QED) is 0.298. The highest BCUT2D eigenvalue weighted by Gasteiger charge is 2.28. The van der Waals surface area contributed by atoms with Gasteiger partial charge in [0.2, 0.25) is 0 Å². The number of hydrogen-bond acceptors (Lipinski definition) is 4. The maximum Gasteiger partial charge on any atom is 0.422 e. The zero-order chi connectivity index (χ0) is 20.7. The van der Waals surface area contributed by atoms with E-state index in [9.17, 15) is 13.2 Å². The third-order valence-corrected chi connectivity index (χ3v) is 4.92. The molecular formula is C19H26F3IN4OS. The summed E-state index contributed by atoms with van der Waals surface area (Å²) < 4.78 is 42.5. The van der Waals surface area contributed by atoms with Crippen LogP contribution in [0.4, 0.5) is 13.2 Å². The largest absolute Gasteiger partial charge is 0.484 e. The Morgan fingerprint density at radius 3 is 2.52 bits per heavy atom. The minimum Gasteiger partial charge on any atom is -0.484 e. The van der Waals surface area contributed by atoms with Gasteiger partial charge in [-0.25, -0.2) is 9.98 Å². The third-order valence-electron chi connectivity index (χ3n) is 3.85. The summed E-state index contributed by atoms with van der Waals surface area (Å²) in [4.78, 5) is 10.1. The van der Waals surface area contributed by atoms with Crippen molar-refractivity contribution in [1.29, 1.82) is 0 Å². The van der Waals surface area contributed by atoms with Gasteiger partial charge in [-0.3, -0.25) is 0 Å². The maximum atomic E-state index is 12.5. The van der Waals surface area contributed by atoms with Gasteiger partial charge in [0.25, 0.3) is 0 Å². The van der Waals surface area contributed by atoms with Crippen LogP contribution in [0.5, 0.6) is 5.75 Å². The van der Waals surface area contributed by atoms with Crippen molar-refractivity contribution in [3.05, 3.63) is 44.9 Å². The molecule has 0 saturated carbocycles. The number of hydrogen-bond donors (Lipinski definition) is 2. The molecule has 1 aromatic carbocycles. The number of nitrogens with one attached hydrogen (secondary N) is 2. The second-order valence-electron chi connectivity index (χ2n) is 6.31. The number of benzene rings is 1. The molecule has 1 aromatic heterocycles. The molecule has 0 saturated heterocycles. The Hall–Kier alpha value is -1.56. The van der Waals surface area contributed by atoms with Crippen molar-refractivity contribution in [2.75, 3.05) is 13.2 Å². The van der Waals surface area contributed by atoms with Crippen molar-refractivity contribution in [2.24, 2.45) is 4.99 Å². The molecule has 0 fully saturated rings. The van der Waals surface area contributed by atoms with Crippen LogP contribution in [-0.2, 0) is 13.1 Å². The number of halogens is 4. The van der Waals surface area contributed by atoms with Crippen LogP contribution in [-0.4, -0.2) is 30.3 Å². The molecule has 0 bridgehead atoms. The zero-order valence-electron chi connectivity index (χ0n) is 16.8. The highest BCUT2D eigenvalue weighted by atomic mass is 127. The van der Waals surface area contributed by atoms with Crippen LogP contribution in [0.25, 0.3) is 0 Å². The van der Waals surface area contributed by atoms with Gasteiger partial charge in [-0.05, 0) is 39.3 Å². The first-order valence-corrected chi connectivity index (χ1v) is 9.73. The molecular weight excluding hydrogens is 516 g/mol. The van der Waals surface area contributed by atoms with Crippen molar-refractivity contribution in [2.45, 2.75) is 47.0 Å². The van der Waals surface area contributed by atoms with E-state index in [-0.39, 0.29) is 36.3 Å². The van der Waals surface area contributed by atoms with Crippen molar-refractivity contribution in [1.82, 2.24) is 15.6 Å². The summed E-state index contributed by atoms with van der Waals surface area (Å²) in [6.45, 7) is 7.79. The van der Waals surface area contributed by atoms with E-state index in [1.807, 2.05) is 26.8 Å². The van der Waals surface area contributed by atoms with Crippen LogP contribution in [0.15, 0.2) is 23.2 Å². The molecule has 0 atom stereocenters. The normalized spacial score (nSPS) is 11.8. The standard InChI is InChI=1S/C19H25F3N4OS.HI/c1-5-23-18(25-10-17-26-13(3)14(4)28-17)24-9-15-7-6-12(2)8-16(15)27-11-19(20,21)22;/h6-8H,5,9-11H2,1-4H3,(H2,23,24,25);1H. The van der Waals surface area contributed by atoms with Crippen molar-refractivity contribution in [3.63, 3.8) is 0 Å². The van der Waals surface area contributed by atoms with Crippen molar-refractivity contribution in [3.8, 4) is 5.75 Å². The Labute approximate surface area is 190 Å². The van der Waals surface area contributed by atoms with Crippen LogP contribution < -0.4 is 15.4 Å². The number of aryl methyl sites for hydroxylation is 3. The van der Waals surface area contributed by atoms with Crippen LogP contribution >= 0.6 is 35.3 Å². The predicted molar refractivity (Wildman–Crippen MR) is 121 cm³/mol. The van der Waals surface area contributed by atoms with Crippen LogP contribution in [0.2, 0.25) is 0 Å². The Balaban J connectivity index is 0.00000420. The molecule has 0 aliphatic heterocycles. The van der Waals surface area contributed by atoms with Crippen molar-refractivity contribution < 1.29 is 17.9 Å². The van der Waals surface area contributed by atoms with Gasteiger partial charge in [-0.15, -0.1) is 35.3 Å². The number of aliphatic imine (C=N–C) groups is 1. The highest BCUT2D eigenvalue weighted by Crippen LogP contribution is 2.24. The van der Waals surface area contributed by atoms with E-state index in [0.717, 1.165) is 16.3 Å². The topological polar surface area (TPSA) is 58.5 Å². The molecule has 2 aromatic rings. The lowest BCUT2D eigenvalue weighted by molar-refractivity contribution is -0.153. The van der Waals surface area contributed by atoms with E-state index >= 15 is 0 Å². The van der Waals surface area contributed by atoms with Gasteiger partial charge in [-0.1, -0.05) is 12.1 Å². The van der Waals surface area contributed by atoms with Gasteiger partial charge < -0.3 is 15.4 Å². The fraction of sp³-hybridized carbons (Fsp3) is 0.474. The molecule has 29 heavy (non-hydrogen) atoms. The Morgan fingerprint density at radius 1 is 1.21 bits per heavy atom. The molecule has 0 spiro atoms. The summed E-state index contributed by atoms with van der Waals surface area (Å²) >= 11 is 1.62. The lowest BCUT2D eigenvalue weighted by Gasteiger charge is -2.14. The van der Waals surface area contributed by atoms with Gasteiger partial charge in [0.15, 0.2) is 12.6 Å². The number of ether oxygens (including phenoxy) is 1. The molecule has 0 radical (unpaired) electrons. The first-order chi connectivity index (χ1) is 13.2. The minimum atomic E-state index is -4.38. The molecule has 0 aliphatic carbocycles. The third kappa shape index (κ3) is 8.77. The van der Waals surface area contributed by atoms with Crippen LogP contribution in [0, 0.1) is 20.8 Å². The number of guanidine groups is 1. The van der Waals surface area contributed by atoms with Gasteiger partial charge in [-0.2, -0.15) is 13.2 Å². The fourth-order valence-corrected chi connectivity index (χ4v) is 3.24. The number of aromatic nitrogens is 1. The lowest BCUT2D eigenvalue weighted by Crippen LogP contribution is -2.36. The number of alkyl halides is 3. The number of thiazole rings is 1. The fourth-order valence-electron chi connectivity index (χ4n) is 2.37. The summed E-state index contributed by atoms with van der Waals surface area (Å²) in [6.07, 6.45) is -4.38. The molecule has 10 heteroatoms. The van der Waals surface area contributed by atoms with E-state index in [2.05, 4.69) is 20.6 Å². The van der Waals surface area contributed by atoms with Gasteiger partial charge >= 0.3 is 6.18 Å². The summed E-state index contributed by atoms with van der Waals surface area (Å²) in [6, 6.07) is 5.16. The first kappa shape index (κ1) is 25.5. The minimum absolute atomic E-state index is 0. The van der Waals surface area contributed by atoms with Crippen LogP contribution in [0.1, 0.15) is 33.6 Å². The molecule has 0 aliphatic rings. The molecule has 162 valence electrons. The van der Waals surface area contributed by atoms with E-state index in [0.29, 0.717) is 24.6 Å². The summed E-state index contributed by atoms with van der Waals surface area (Å²) in [5, 5.41) is 7.28. The lowest BCUT2D eigenvalue weighted by atomic mass is 10.1. The second kappa shape index (κ2) is 11.6. The van der Waals surface area contributed by atoms with Gasteiger partial charge in [0.1, 0.15) is 10.8 Å². The molecule has 0 amide bonds. The van der Waals surface area contributed by atoms with Gasteiger partial charge in [0, 0.05) is 17.0 Å².